The first-order valence-electron chi connectivity index (χ1n) is 9.63. The third-order valence-electron chi connectivity index (χ3n) is 5.02. The molecule has 0 bridgehead atoms. The van der Waals surface area contributed by atoms with Crippen molar-refractivity contribution in [3.05, 3.63) is 40.6 Å². The van der Waals surface area contributed by atoms with Crippen LogP contribution in [0.2, 0.25) is 0 Å². The Morgan fingerprint density at radius 3 is 2.55 bits per heavy atom. The number of amides is 1. The Kier molecular flexibility index (Phi) is 6.37. The molecule has 1 aliphatic rings. The summed E-state index contributed by atoms with van der Waals surface area (Å²) in [6.07, 6.45) is -1.40. The average Bonchev–Trinajstić information content (AvgIpc) is 2.73. The Morgan fingerprint density at radius 1 is 1.29 bits per heavy atom. The SMILES string of the molecule is CNc1cnc(N2CCN(C(=O)Oc3c[nH]c(=O)c(C(F)(F)F)c3)C(C(C)C)C2)nc1. The number of hydrogen-bond donors (Lipinski definition) is 2. The number of anilines is 2. The smallest absolute Gasteiger partial charge is 0.409 e. The van der Waals surface area contributed by atoms with Gasteiger partial charge in [0.15, 0.2) is 0 Å². The number of carbonyl (C=O) groups excluding carboxylic acids is 1. The molecule has 0 saturated carbocycles. The van der Waals surface area contributed by atoms with Gasteiger partial charge in [-0.1, -0.05) is 13.8 Å². The van der Waals surface area contributed by atoms with Crippen LogP contribution in [0.5, 0.6) is 5.75 Å². The fraction of sp³-hybridized carbons (Fsp3) is 0.474. The van der Waals surface area contributed by atoms with Crippen molar-refractivity contribution in [3.8, 4) is 5.75 Å². The Morgan fingerprint density at radius 2 is 1.97 bits per heavy atom. The van der Waals surface area contributed by atoms with Crippen LogP contribution in [0.4, 0.5) is 29.6 Å². The molecule has 0 spiro atoms. The number of ether oxygens (including phenoxy) is 1. The number of H-pyrrole nitrogens is 1. The quantitative estimate of drug-likeness (QED) is 0.753. The number of pyridine rings is 1. The Balaban J connectivity index is 1.75. The predicted octanol–water partition coefficient (Wildman–Crippen LogP) is 2.57. The van der Waals surface area contributed by atoms with Crippen LogP contribution in [0.3, 0.4) is 0 Å². The predicted molar refractivity (Wildman–Crippen MR) is 107 cm³/mol. The Hall–Kier alpha value is -3.31. The topological polar surface area (TPSA) is 103 Å². The van der Waals surface area contributed by atoms with Crippen LogP contribution in [0.25, 0.3) is 0 Å². The zero-order valence-electron chi connectivity index (χ0n) is 17.2. The molecular formula is C19H23F3N6O3. The van der Waals surface area contributed by atoms with E-state index in [4.69, 9.17) is 4.74 Å². The van der Waals surface area contributed by atoms with Crippen LogP contribution in [0.1, 0.15) is 19.4 Å². The van der Waals surface area contributed by atoms with Gasteiger partial charge in [-0.25, -0.2) is 14.8 Å². The zero-order chi connectivity index (χ0) is 22.8. The molecule has 1 saturated heterocycles. The molecule has 2 aromatic heterocycles. The van der Waals surface area contributed by atoms with E-state index in [2.05, 4.69) is 15.3 Å². The summed E-state index contributed by atoms with van der Waals surface area (Å²) in [7, 11) is 1.76. The first-order valence-corrected chi connectivity index (χ1v) is 9.63. The number of piperazine rings is 1. The summed E-state index contributed by atoms with van der Waals surface area (Å²) in [4.78, 5) is 38.2. The number of rotatable bonds is 4. The molecule has 0 aromatic carbocycles. The molecule has 1 atom stereocenters. The van der Waals surface area contributed by atoms with E-state index in [1.54, 1.807) is 19.4 Å². The summed E-state index contributed by atoms with van der Waals surface area (Å²) in [5, 5.41) is 2.94. The first-order chi connectivity index (χ1) is 14.6. The van der Waals surface area contributed by atoms with Gasteiger partial charge in [-0.3, -0.25) is 4.79 Å². The third-order valence-corrected chi connectivity index (χ3v) is 5.02. The molecule has 1 unspecified atom stereocenters. The van der Waals surface area contributed by atoms with E-state index in [1.807, 2.05) is 23.7 Å². The minimum atomic E-state index is -4.86. The van der Waals surface area contributed by atoms with Gasteiger partial charge in [-0.15, -0.1) is 0 Å². The highest BCUT2D eigenvalue weighted by Gasteiger charge is 2.36. The lowest BCUT2D eigenvalue weighted by atomic mass is 10.0. The van der Waals surface area contributed by atoms with Crippen molar-refractivity contribution in [1.82, 2.24) is 19.9 Å². The minimum absolute atomic E-state index is 0.0354. The minimum Gasteiger partial charge on any atom is -0.409 e. The molecule has 31 heavy (non-hydrogen) atoms. The zero-order valence-corrected chi connectivity index (χ0v) is 17.2. The maximum Gasteiger partial charge on any atom is 0.421 e. The van der Waals surface area contributed by atoms with Gasteiger partial charge in [-0.2, -0.15) is 13.2 Å². The highest BCUT2D eigenvalue weighted by atomic mass is 19.4. The van der Waals surface area contributed by atoms with Gasteiger partial charge < -0.3 is 24.8 Å². The van der Waals surface area contributed by atoms with E-state index in [1.165, 1.54) is 4.90 Å². The van der Waals surface area contributed by atoms with Gasteiger partial charge in [0, 0.05) is 38.9 Å². The van der Waals surface area contributed by atoms with Crippen molar-refractivity contribution in [2.24, 2.45) is 5.92 Å². The molecule has 2 N–H and O–H groups in total. The van der Waals surface area contributed by atoms with Gasteiger partial charge in [-0.05, 0) is 5.92 Å². The second kappa shape index (κ2) is 8.82. The Labute approximate surface area is 176 Å². The summed E-state index contributed by atoms with van der Waals surface area (Å²) in [5.74, 6) is 0.175. The van der Waals surface area contributed by atoms with Crippen LogP contribution >= 0.6 is 0 Å². The molecule has 3 rings (SSSR count). The van der Waals surface area contributed by atoms with Gasteiger partial charge in [0.05, 0.1) is 24.1 Å². The molecule has 1 amide bonds. The van der Waals surface area contributed by atoms with Crippen molar-refractivity contribution in [3.63, 3.8) is 0 Å². The average molecular weight is 440 g/mol. The molecule has 0 aliphatic carbocycles. The van der Waals surface area contributed by atoms with E-state index >= 15 is 0 Å². The summed E-state index contributed by atoms with van der Waals surface area (Å²) in [6, 6.07) is 0.243. The van der Waals surface area contributed by atoms with Crippen LogP contribution in [-0.2, 0) is 6.18 Å². The van der Waals surface area contributed by atoms with E-state index in [0.29, 0.717) is 25.1 Å². The lowest BCUT2D eigenvalue weighted by molar-refractivity contribution is -0.138. The van der Waals surface area contributed by atoms with E-state index in [-0.39, 0.29) is 24.3 Å². The lowest BCUT2D eigenvalue weighted by Crippen LogP contribution is -2.58. The molecule has 2 aromatic rings. The molecular weight excluding hydrogens is 417 g/mol. The van der Waals surface area contributed by atoms with Gasteiger partial charge in [0.2, 0.25) is 5.95 Å². The first kappa shape index (κ1) is 22.4. The number of alkyl halides is 3. The number of nitrogens with one attached hydrogen (secondary N) is 2. The van der Waals surface area contributed by atoms with Gasteiger partial charge in [0.1, 0.15) is 11.3 Å². The summed E-state index contributed by atoms with van der Waals surface area (Å²) < 4.78 is 44.0. The van der Waals surface area contributed by atoms with Crippen LogP contribution in [-0.4, -0.2) is 58.7 Å². The number of hydrogen-bond acceptors (Lipinski definition) is 7. The van der Waals surface area contributed by atoms with Crippen LogP contribution in [0.15, 0.2) is 29.5 Å². The number of aromatic nitrogens is 3. The number of aromatic amines is 1. The van der Waals surface area contributed by atoms with Crippen LogP contribution in [0, 0.1) is 5.92 Å². The standard InChI is InChI=1S/C19H23F3N6O3/c1-11(2)15-10-27(17-25-7-12(23-3)8-26-17)4-5-28(15)18(30)31-13-6-14(19(20,21)22)16(29)24-9-13/h6-9,11,15,23H,4-5,10H2,1-3H3,(H,24,29). The molecule has 9 nitrogen and oxygen atoms in total. The monoisotopic (exact) mass is 440 g/mol. The second-order valence-corrected chi connectivity index (χ2v) is 7.42. The molecule has 3 heterocycles. The molecule has 12 heteroatoms. The van der Waals surface area contributed by atoms with Gasteiger partial charge >= 0.3 is 12.3 Å². The third kappa shape index (κ3) is 5.06. The molecule has 1 fully saturated rings. The fourth-order valence-electron chi connectivity index (χ4n) is 3.30. The largest absolute Gasteiger partial charge is 0.421 e. The number of halogens is 3. The normalized spacial score (nSPS) is 17.1. The summed E-state index contributed by atoms with van der Waals surface area (Å²) in [6.45, 7) is 5.00. The molecule has 1 aliphatic heterocycles. The molecule has 0 radical (unpaired) electrons. The number of carbonyl (C=O) groups is 1. The highest BCUT2D eigenvalue weighted by Crippen LogP contribution is 2.29. The Bertz CT molecular complexity index is 977. The maximum atomic E-state index is 12.9. The van der Waals surface area contributed by atoms with Crippen molar-refractivity contribution in [2.75, 3.05) is 36.9 Å². The van der Waals surface area contributed by atoms with Gasteiger partial charge in [0.25, 0.3) is 5.56 Å². The van der Waals surface area contributed by atoms with E-state index in [9.17, 15) is 22.8 Å². The van der Waals surface area contributed by atoms with E-state index in [0.717, 1.165) is 11.9 Å². The van der Waals surface area contributed by atoms with Crippen molar-refractivity contribution < 1.29 is 22.7 Å². The molecule has 168 valence electrons. The summed E-state index contributed by atoms with van der Waals surface area (Å²) in [5.41, 5.74) is -1.96. The van der Waals surface area contributed by atoms with E-state index < -0.39 is 23.4 Å². The van der Waals surface area contributed by atoms with Crippen molar-refractivity contribution >= 4 is 17.7 Å². The lowest BCUT2D eigenvalue weighted by Gasteiger charge is -2.42. The summed E-state index contributed by atoms with van der Waals surface area (Å²) >= 11 is 0. The van der Waals surface area contributed by atoms with Crippen molar-refractivity contribution in [1.29, 1.82) is 0 Å². The highest BCUT2D eigenvalue weighted by molar-refractivity contribution is 5.71. The van der Waals surface area contributed by atoms with Crippen molar-refractivity contribution in [2.45, 2.75) is 26.1 Å². The fourth-order valence-corrected chi connectivity index (χ4v) is 3.30. The maximum absolute atomic E-state index is 12.9. The van der Waals surface area contributed by atoms with Crippen LogP contribution < -0.4 is 20.5 Å². The number of nitrogens with zero attached hydrogens (tertiary/aromatic N) is 4. The second-order valence-electron chi connectivity index (χ2n) is 7.42.